The maximum absolute atomic E-state index is 2.63. The Morgan fingerprint density at radius 1 is 1.31 bits per heavy atom. The molecule has 0 aromatic rings. The molecule has 1 heteroatoms. The average molecular weight is 181 g/mol. The predicted molar refractivity (Wildman–Crippen MR) is 58.9 cm³/mol. The summed E-state index contributed by atoms with van der Waals surface area (Å²) in [6.07, 6.45) is 11.4. The fraction of sp³-hybridized carbons (Fsp3) is 0.833. The van der Waals surface area contributed by atoms with Gasteiger partial charge in [0.05, 0.1) is 0 Å². The molecule has 0 spiro atoms. The Morgan fingerprint density at radius 2 is 2.15 bits per heavy atom. The van der Waals surface area contributed by atoms with Crippen molar-refractivity contribution in [3.8, 4) is 0 Å². The molecule has 13 heavy (non-hydrogen) atoms. The molecular formula is C12H23N. The quantitative estimate of drug-likeness (QED) is 0.602. The second-order valence-electron chi connectivity index (χ2n) is 3.94. The van der Waals surface area contributed by atoms with E-state index in [0.717, 1.165) is 6.04 Å². The van der Waals surface area contributed by atoms with Crippen molar-refractivity contribution in [1.29, 1.82) is 0 Å². The third-order valence-electron chi connectivity index (χ3n) is 2.77. The van der Waals surface area contributed by atoms with Gasteiger partial charge in [-0.15, -0.1) is 0 Å². The van der Waals surface area contributed by atoms with Crippen molar-refractivity contribution in [3.05, 3.63) is 12.2 Å². The molecular weight excluding hydrogens is 158 g/mol. The lowest BCUT2D eigenvalue weighted by Crippen LogP contribution is -2.38. The molecule has 1 saturated heterocycles. The minimum atomic E-state index is 0.744. The number of allylic oxidation sites excluding steroid dienone is 1. The highest BCUT2D eigenvalue weighted by atomic mass is 15.2. The zero-order valence-corrected chi connectivity index (χ0v) is 9.13. The van der Waals surface area contributed by atoms with Crippen molar-refractivity contribution < 1.29 is 0 Å². The van der Waals surface area contributed by atoms with Crippen LogP contribution in [0.4, 0.5) is 0 Å². The van der Waals surface area contributed by atoms with Crippen LogP contribution in [0.25, 0.3) is 0 Å². The largest absolute Gasteiger partial charge is 0.297 e. The molecule has 0 N–H and O–H groups in total. The summed E-state index contributed by atoms with van der Waals surface area (Å²) in [6.45, 7) is 7.07. The van der Waals surface area contributed by atoms with Gasteiger partial charge in [-0.1, -0.05) is 32.4 Å². The average Bonchev–Trinajstić information content (AvgIpc) is 2.17. The van der Waals surface area contributed by atoms with E-state index in [1.165, 1.54) is 45.2 Å². The number of piperidine rings is 1. The zero-order chi connectivity index (χ0) is 9.52. The van der Waals surface area contributed by atoms with Gasteiger partial charge in [0, 0.05) is 6.04 Å². The molecule has 0 amide bonds. The van der Waals surface area contributed by atoms with Crippen molar-refractivity contribution in [3.63, 3.8) is 0 Å². The first kappa shape index (κ1) is 10.8. The minimum absolute atomic E-state index is 0.744. The zero-order valence-electron chi connectivity index (χ0n) is 9.13. The monoisotopic (exact) mass is 181 g/mol. The summed E-state index contributed by atoms with van der Waals surface area (Å²) in [5, 5.41) is 0. The molecule has 1 heterocycles. The van der Waals surface area contributed by atoms with Gasteiger partial charge in [0.1, 0.15) is 0 Å². The van der Waals surface area contributed by atoms with Crippen LogP contribution in [0, 0.1) is 0 Å². The second kappa shape index (κ2) is 6.20. The van der Waals surface area contributed by atoms with Crippen LogP contribution in [-0.4, -0.2) is 24.0 Å². The van der Waals surface area contributed by atoms with E-state index in [9.17, 15) is 0 Å². The van der Waals surface area contributed by atoms with E-state index < -0.39 is 0 Å². The molecule has 1 nitrogen and oxygen atoms in total. The van der Waals surface area contributed by atoms with E-state index in [1.807, 2.05) is 0 Å². The van der Waals surface area contributed by atoms with Crippen molar-refractivity contribution in [2.75, 3.05) is 13.1 Å². The molecule has 76 valence electrons. The molecule has 1 aliphatic rings. The Kier molecular flexibility index (Phi) is 5.14. The van der Waals surface area contributed by atoms with Crippen LogP contribution in [0.15, 0.2) is 12.2 Å². The van der Waals surface area contributed by atoms with Crippen LogP contribution in [0.5, 0.6) is 0 Å². The summed E-state index contributed by atoms with van der Waals surface area (Å²) in [7, 11) is 0. The first-order valence-corrected chi connectivity index (χ1v) is 5.79. The molecule has 0 saturated carbocycles. The van der Waals surface area contributed by atoms with Gasteiger partial charge >= 0.3 is 0 Å². The van der Waals surface area contributed by atoms with Crippen LogP contribution < -0.4 is 0 Å². The van der Waals surface area contributed by atoms with Crippen molar-refractivity contribution >= 4 is 0 Å². The van der Waals surface area contributed by atoms with Gasteiger partial charge in [0.2, 0.25) is 0 Å². The molecule has 0 aromatic carbocycles. The minimum Gasteiger partial charge on any atom is -0.297 e. The summed E-state index contributed by atoms with van der Waals surface area (Å²) in [4.78, 5) is 2.63. The lowest BCUT2D eigenvalue weighted by molar-refractivity contribution is 0.180. The van der Waals surface area contributed by atoms with Crippen molar-refractivity contribution in [1.82, 2.24) is 4.90 Å². The van der Waals surface area contributed by atoms with Gasteiger partial charge in [0.15, 0.2) is 0 Å². The molecule has 1 fully saturated rings. The molecule has 0 radical (unpaired) electrons. The van der Waals surface area contributed by atoms with E-state index in [4.69, 9.17) is 0 Å². The molecule has 1 unspecified atom stereocenters. The van der Waals surface area contributed by atoms with Gasteiger partial charge in [-0.05, 0) is 38.8 Å². The Bertz CT molecular complexity index is 149. The summed E-state index contributed by atoms with van der Waals surface area (Å²) < 4.78 is 0. The van der Waals surface area contributed by atoms with Crippen molar-refractivity contribution in [2.45, 2.75) is 52.0 Å². The standard InChI is InChI=1S/C12H23N/c1-3-5-8-12-9-6-7-11-13(12)10-4-2/h5,8,12H,3-4,6-7,9-11H2,1-2H3/b8-5+. The van der Waals surface area contributed by atoms with E-state index in [1.54, 1.807) is 0 Å². The summed E-state index contributed by atoms with van der Waals surface area (Å²) in [5.41, 5.74) is 0. The first-order valence-electron chi connectivity index (χ1n) is 5.79. The first-order chi connectivity index (χ1) is 6.38. The topological polar surface area (TPSA) is 3.24 Å². The van der Waals surface area contributed by atoms with Gasteiger partial charge in [0.25, 0.3) is 0 Å². The fourth-order valence-electron chi connectivity index (χ4n) is 2.09. The molecule has 1 rings (SSSR count). The van der Waals surface area contributed by atoms with E-state index in [-0.39, 0.29) is 0 Å². The molecule has 1 atom stereocenters. The van der Waals surface area contributed by atoms with Crippen LogP contribution >= 0.6 is 0 Å². The number of rotatable bonds is 4. The lowest BCUT2D eigenvalue weighted by atomic mass is 10.0. The lowest BCUT2D eigenvalue weighted by Gasteiger charge is -2.33. The number of nitrogens with zero attached hydrogens (tertiary/aromatic N) is 1. The number of hydrogen-bond donors (Lipinski definition) is 0. The third-order valence-corrected chi connectivity index (χ3v) is 2.77. The predicted octanol–water partition coefficient (Wildman–Crippen LogP) is 3.22. The van der Waals surface area contributed by atoms with Crippen LogP contribution in [-0.2, 0) is 0 Å². The van der Waals surface area contributed by atoms with Crippen LogP contribution in [0.2, 0.25) is 0 Å². The second-order valence-corrected chi connectivity index (χ2v) is 3.94. The normalized spacial score (nSPS) is 25.5. The molecule has 0 aliphatic carbocycles. The van der Waals surface area contributed by atoms with Crippen LogP contribution in [0.1, 0.15) is 46.0 Å². The van der Waals surface area contributed by atoms with Gasteiger partial charge < -0.3 is 0 Å². The van der Waals surface area contributed by atoms with Gasteiger partial charge in [-0.25, -0.2) is 0 Å². The summed E-state index contributed by atoms with van der Waals surface area (Å²) in [6, 6.07) is 0.744. The van der Waals surface area contributed by atoms with E-state index in [2.05, 4.69) is 30.9 Å². The highest BCUT2D eigenvalue weighted by molar-refractivity contribution is 4.95. The highest BCUT2D eigenvalue weighted by Gasteiger charge is 2.18. The SMILES string of the molecule is CC/C=C/C1CCCCN1CCC. The Balaban J connectivity index is 2.41. The maximum atomic E-state index is 2.63. The maximum Gasteiger partial charge on any atom is 0.0278 e. The van der Waals surface area contributed by atoms with Crippen LogP contribution in [0.3, 0.4) is 0 Å². The summed E-state index contributed by atoms with van der Waals surface area (Å²) in [5.74, 6) is 0. The molecule has 0 bridgehead atoms. The Morgan fingerprint density at radius 3 is 2.85 bits per heavy atom. The number of likely N-dealkylation sites (tertiary alicyclic amines) is 1. The van der Waals surface area contributed by atoms with E-state index >= 15 is 0 Å². The smallest absolute Gasteiger partial charge is 0.0278 e. The molecule has 1 aliphatic heterocycles. The van der Waals surface area contributed by atoms with Crippen molar-refractivity contribution in [2.24, 2.45) is 0 Å². The van der Waals surface area contributed by atoms with E-state index in [0.29, 0.717) is 0 Å². The van der Waals surface area contributed by atoms with Gasteiger partial charge in [-0.3, -0.25) is 4.90 Å². The summed E-state index contributed by atoms with van der Waals surface area (Å²) >= 11 is 0. The fourth-order valence-corrected chi connectivity index (χ4v) is 2.09. The molecule has 0 aromatic heterocycles. The van der Waals surface area contributed by atoms with Gasteiger partial charge in [-0.2, -0.15) is 0 Å². The highest BCUT2D eigenvalue weighted by Crippen LogP contribution is 2.18. The Hall–Kier alpha value is -0.300. The third kappa shape index (κ3) is 3.51. The Labute approximate surface area is 82.8 Å². The number of hydrogen-bond acceptors (Lipinski definition) is 1.